The second kappa shape index (κ2) is 4.20. The van der Waals surface area contributed by atoms with Crippen LogP contribution >= 0.6 is 0 Å². The molecule has 0 saturated carbocycles. The van der Waals surface area contributed by atoms with Gasteiger partial charge in [-0.1, -0.05) is 23.4 Å². The van der Waals surface area contributed by atoms with Crippen molar-refractivity contribution in [2.75, 3.05) is 7.05 Å². The summed E-state index contributed by atoms with van der Waals surface area (Å²) in [6.07, 6.45) is 0. The van der Waals surface area contributed by atoms with Crippen LogP contribution in [0.2, 0.25) is 0 Å². The van der Waals surface area contributed by atoms with Gasteiger partial charge in [-0.05, 0) is 33.0 Å². The average Bonchev–Trinajstić information content (AvgIpc) is 3.05. The van der Waals surface area contributed by atoms with Crippen LogP contribution in [-0.4, -0.2) is 17.2 Å². The van der Waals surface area contributed by atoms with Crippen LogP contribution in [0.5, 0.6) is 0 Å². The molecule has 98 valence electrons. The molecule has 0 unspecified atom stereocenters. The van der Waals surface area contributed by atoms with Crippen LogP contribution in [0.3, 0.4) is 0 Å². The zero-order valence-corrected chi connectivity index (χ0v) is 11.1. The molecule has 0 aliphatic rings. The number of nitrogens with zero attached hydrogens (tertiary/aromatic N) is 2. The maximum absolute atomic E-state index is 5.71. The van der Waals surface area contributed by atoms with E-state index in [1.165, 1.54) is 0 Å². The Labute approximate surface area is 110 Å². The third-order valence-corrected chi connectivity index (χ3v) is 3.23. The van der Waals surface area contributed by atoms with Gasteiger partial charge < -0.3 is 14.3 Å². The summed E-state index contributed by atoms with van der Waals surface area (Å²) in [5.74, 6) is 1.61. The topological polar surface area (TPSA) is 64.1 Å². The van der Waals surface area contributed by atoms with Crippen LogP contribution in [0.1, 0.15) is 19.7 Å². The molecule has 2 heterocycles. The third-order valence-electron chi connectivity index (χ3n) is 3.23. The molecule has 0 fully saturated rings. The van der Waals surface area contributed by atoms with Crippen LogP contribution in [0.15, 0.2) is 39.3 Å². The molecule has 0 atom stereocenters. The first kappa shape index (κ1) is 11.9. The number of aromatic nitrogens is 2. The Hall–Kier alpha value is -2.14. The van der Waals surface area contributed by atoms with E-state index in [1.54, 1.807) is 0 Å². The number of rotatable bonds is 3. The number of nitrogens with one attached hydrogen (secondary N) is 1. The average molecular weight is 257 g/mol. The summed E-state index contributed by atoms with van der Waals surface area (Å²) in [5.41, 5.74) is 0.453. The normalized spacial score (nSPS) is 12.2. The van der Waals surface area contributed by atoms with E-state index < -0.39 is 0 Å². The fourth-order valence-corrected chi connectivity index (χ4v) is 1.78. The fourth-order valence-electron chi connectivity index (χ4n) is 1.78. The Bertz CT molecular complexity index is 679. The lowest BCUT2D eigenvalue weighted by Gasteiger charge is -2.17. The zero-order chi connectivity index (χ0) is 13.5. The Morgan fingerprint density at radius 2 is 2.00 bits per heavy atom. The molecule has 0 spiro atoms. The van der Waals surface area contributed by atoms with Crippen molar-refractivity contribution in [3.8, 4) is 11.6 Å². The molecule has 19 heavy (non-hydrogen) atoms. The molecule has 1 aromatic carbocycles. The van der Waals surface area contributed by atoms with E-state index in [2.05, 4.69) is 15.5 Å². The summed E-state index contributed by atoms with van der Waals surface area (Å²) in [5, 5.41) is 8.12. The lowest BCUT2D eigenvalue weighted by atomic mass is 10.1. The Kier molecular flexibility index (Phi) is 2.64. The maximum atomic E-state index is 5.71. The van der Waals surface area contributed by atoms with Crippen molar-refractivity contribution in [2.24, 2.45) is 0 Å². The van der Waals surface area contributed by atoms with Gasteiger partial charge in [-0.3, -0.25) is 0 Å². The SMILES string of the molecule is CNC(C)(C)c1nc(-c2cc3ccccc3o2)no1. The molecule has 0 radical (unpaired) electrons. The number of fused-ring (bicyclic) bond motifs is 1. The number of para-hydroxylation sites is 1. The van der Waals surface area contributed by atoms with E-state index in [4.69, 9.17) is 8.94 Å². The van der Waals surface area contributed by atoms with Crippen molar-refractivity contribution >= 4 is 11.0 Å². The summed E-state index contributed by atoms with van der Waals surface area (Å²) in [4.78, 5) is 4.38. The highest BCUT2D eigenvalue weighted by atomic mass is 16.5. The quantitative estimate of drug-likeness (QED) is 0.781. The van der Waals surface area contributed by atoms with Crippen molar-refractivity contribution in [2.45, 2.75) is 19.4 Å². The highest BCUT2D eigenvalue weighted by Crippen LogP contribution is 2.27. The second-order valence-corrected chi connectivity index (χ2v) is 4.95. The maximum Gasteiger partial charge on any atom is 0.246 e. The van der Waals surface area contributed by atoms with Crippen molar-refractivity contribution in [3.05, 3.63) is 36.2 Å². The van der Waals surface area contributed by atoms with Crippen LogP contribution < -0.4 is 5.32 Å². The van der Waals surface area contributed by atoms with E-state index in [9.17, 15) is 0 Å². The van der Waals surface area contributed by atoms with Gasteiger partial charge in [-0.15, -0.1) is 0 Å². The molecule has 0 bridgehead atoms. The van der Waals surface area contributed by atoms with E-state index in [0.29, 0.717) is 17.5 Å². The van der Waals surface area contributed by atoms with E-state index in [0.717, 1.165) is 11.0 Å². The molecule has 5 nitrogen and oxygen atoms in total. The van der Waals surface area contributed by atoms with Gasteiger partial charge in [-0.25, -0.2) is 0 Å². The van der Waals surface area contributed by atoms with Crippen LogP contribution in [0.4, 0.5) is 0 Å². The Balaban J connectivity index is 2.03. The molecular weight excluding hydrogens is 242 g/mol. The van der Waals surface area contributed by atoms with Gasteiger partial charge in [0, 0.05) is 5.39 Å². The predicted molar refractivity (Wildman–Crippen MR) is 71.6 cm³/mol. The second-order valence-electron chi connectivity index (χ2n) is 4.95. The van der Waals surface area contributed by atoms with Crippen LogP contribution in [-0.2, 0) is 5.54 Å². The summed E-state index contributed by atoms with van der Waals surface area (Å²) >= 11 is 0. The van der Waals surface area contributed by atoms with Gasteiger partial charge in [0.05, 0.1) is 5.54 Å². The standard InChI is InChI=1S/C14H15N3O2/c1-14(2,15-3)13-16-12(17-19-13)11-8-9-6-4-5-7-10(9)18-11/h4-8,15H,1-3H3. The predicted octanol–water partition coefficient (Wildman–Crippen LogP) is 2.94. The largest absolute Gasteiger partial charge is 0.453 e. The van der Waals surface area contributed by atoms with Gasteiger partial charge >= 0.3 is 0 Å². The number of benzene rings is 1. The first-order valence-corrected chi connectivity index (χ1v) is 6.12. The molecule has 0 amide bonds. The minimum absolute atomic E-state index is 0.364. The van der Waals surface area contributed by atoms with Crippen molar-refractivity contribution in [1.82, 2.24) is 15.5 Å². The highest BCUT2D eigenvalue weighted by molar-refractivity contribution is 5.81. The number of hydrogen-bond donors (Lipinski definition) is 1. The van der Waals surface area contributed by atoms with Gasteiger partial charge in [0.1, 0.15) is 5.58 Å². The summed E-state index contributed by atoms with van der Waals surface area (Å²) < 4.78 is 11.0. The molecule has 0 saturated heterocycles. The summed E-state index contributed by atoms with van der Waals surface area (Å²) in [7, 11) is 1.85. The van der Waals surface area contributed by atoms with Gasteiger partial charge in [0.25, 0.3) is 0 Å². The smallest absolute Gasteiger partial charge is 0.246 e. The van der Waals surface area contributed by atoms with E-state index >= 15 is 0 Å². The fraction of sp³-hybridized carbons (Fsp3) is 0.286. The molecule has 0 aliphatic heterocycles. The molecule has 0 aliphatic carbocycles. The van der Waals surface area contributed by atoms with Gasteiger partial charge in [0.2, 0.25) is 11.7 Å². The summed E-state index contributed by atoms with van der Waals surface area (Å²) in [6.45, 7) is 3.95. The lowest BCUT2D eigenvalue weighted by molar-refractivity contribution is 0.280. The van der Waals surface area contributed by atoms with Gasteiger partial charge in [-0.2, -0.15) is 4.98 Å². The zero-order valence-electron chi connectivity index (χ0n) is 11.1. The van der Waals surface area contributed by atoms with Crippen LogP contribution in [0.25, 0.3) is 22.6 Å². The van der Waals surface area contributed by atoms with Crippen molar-refractivity contribution < 1.29 is 8.94 Å². The Morgan fingerprint density at radius 3 is 2.74 bits per heavy atom. The van der Waals surface area contributed by atoms with Crippen LogP contribution in [0, 0.1) is 0 Å². The minimum atomic E-state index is -0.364. The number of furan rings is 1. The number of hydrogen-bond acceptors (Lipinski definition) is 5. The first-order valence-electron chi connectivity index (χ1n) is 6.12. The minimum Gasteiger partial charge on any atom is -0.453 e. The van der Waals surface area contributed by atoms with E-state index in [-0.39, 0.29) is 5.54 Å². The molecule has 3 rings (SSSR count). The first-order chi connectivity index (χ1) is 9.10. The third kappa shape index (κ3) is 2.02. The monoisotopic (exact) mass is 257 g/mol. The molecule has 3 aromatic rings. The van der Waals surface area contributed by atoms with Crippen molar-refractivity contribution in [1.29, 1.82) is 0 Å². The molecule has 5 heteroatoms. The molecule has 1 N–H and O–H groups in total. The van der Waals surface area contributed by atoms with E-state index in [1.807, 2.05) is 51.2 Å². The molecule has 2 aromatic heterocycles. The van der Waals surface area contributed by atoms with Gasteiger partial charge in [0.15, 0.2) is 5.76 Å². The highest BCUT2D eigenvalue weighted by Gasteiger charge is 2.26. The van der Waals surface area contributed by atoms with Crippen molar-refractivity contribution in [3.63, 3.8) is 0 Å². The molecular formula is C14H15N3O2. The lowest BCUT2D eigenvalue weighted by Crippen LogP contribution is -2.33. The Morgan fingerprint density at radius 1 is 1.21 bits per heavy atom. The summed E-state index contributed by atoms with van der Waals surface area (Å²) in [6, 6.07) is 9.71.